The Morgan fingerprint density at radius 1 is 0.739 bits per heavy atom. The summed E-state index contributed by atoms with van der Waals surface area (Å²) in [5.74, 6) is 0. The second-order valence-corrected chi connectivity index (χ2v) is 6.64. The van der Waals surface area contributed by atoms with Gasteiger partial charge in [-0.1, -0.05) is 58.4 Å². The van der Waals surface area contributed by atoms with Crippen molar-refractivity contribution in [2.75, 3.05) is 0 Å². The summed E-state index contributed by atoms with van der Waals surface area (Å²) in [6, 6.07) is 25.8. The second-order valence-electron chi connectivity index (χ2n) is 5.73. The highest BCUT2D eigenvalue weighted by atomic mass is 79.9. The molecule has 0 aliphatic heterocycles. The van der Waals surface area contributed by atoms with Gasteiger partial charge in [-0.25, -0.2) is 0 Å². The van der Waals surface area contributed by atoms with E-state index >= 15 is 0 Å². The zero-order chi connectivity index (χ0) is 15.6. The molecule has 0 aliphatic rings. The van der Waals surface area contributed by atoms with Crippen LogP contribution < -0.4 is 0 Å². The molecule has 0 bridgehead atoms. The van der Waals surface area contributed by atoms with E-state index in [0.717, 1.165) is 10.9 Å². The van der Waals surface area contributed by atoms with Crippen LogP contribution in [0.25, 0.3) is 16.6 Å². The lowest BCUT2D eigenvalue weighted by atomic mass is 10.0. The van der Waals surface area contributed by atoms with Crippen LogP contribution in [0.1, 0.15) is 11.1 Å². The molecule has 2 aromatic heterocycles. The van der Waals surface area contributed by atoms with Gasteiger partial charge in [-0.05, 0) is 53.4 Å². The zero-order valence-electron chi connectivity index (χ0n) is 12.6. The van der Waals surface area contributed by atoms with Crippen LogP contribution in [-0.2, 0) is 6.42 Å². The SMILES string of the molecule is Brc1ccc(-c2ccn3ccc(Cc4ccccc4)cc23)cc1. The first-order valence-electron chi connectivity index (χ1n) is 7.69. The van der Waals surface area contributed by atoms with Crippen LogP contribution in [0.5, 0.6) is 0 Å². The van der Waals surface area contributed by atoms with Gasteiger partial charge in [0.25, 0.3) is 0 Å². The molecule has 0 unspecified atom stereocenters. The summed E-state index contributed by atoms with van der Waals surface area (Å²) in [5, 5.41) is 0. The third-order valence-corrected chi connectivity index (χ3v) is 4.66. The molecule has 2 heterocycles. The standard InChI is InChI=1S/C21H16BrN/c22-19-8-6-18(7-9-19)20-11-13-23-12-10-17(15-21(20)23)14-16-4-2-1-3-5-16/h1-13,15H,14H2. The molecule has 0 atom stereocenters. The number of fused-ring (bicyclic) bond motifs is 1. The quantitative estimate of drug-likeness (QED) is 0.424. The molecule has 0 amide bonds. The average molecular weight is 362 g/mol. The van der Waals surface area contributed by atoms with Gasteiger partial charge in [0, 0.05) is 22.4 Å². The van der Waals surface area contributed by atoms with Crippen molar-refractivity contribution in [2.45, 2.75) is 6.42 Å². The van der Waals surface area contributed by atoms with Crippen LogP contribution >= 0.6 is 15.9 Å². The number of aromatic nitrogens is 1. The van der Waals surface area contributed by atoms with E-state index in [1.54, 1.807) is 0 Å². The summed E-state index contributed by atoms with van der Waals surface area (Å²) < 4.78 is 3.29. The number of hydrogen-bond acceptors (Lipinski definition) is 0. The number of halogens is 1. The Bertz CT molecular complexity index is 937. The molecule has 0 aliphatic carbocycles. The summed E-state index contributed by atoms with van der Waals surface area (Å²) in [5.41, 5.74) is 6.44. The average Bonchev–Trinajstić information content (AvgIpc) is 3.00. The number of nitrogens with zero attached hydrogens (tertiary/aromatic N) is 1. The third kappa shape index (κ3) is 2.95. The minimum Gasteiger partial charge on any atom is -0.323 e. The van der Waals surface area contributed by atoms with Gasteiger partial charge in [-0.3, -0.25) is 0 Å². The predicted octanol–water partition coefficient (Wildman–Crippen LogP) is 5.96. The van der Waals surface area contributed by atoms with Crippen LogP contribution in [-0.4, -0.2) is 4.40 Å². The van der Waals surface area contributed by atoms with E-state index in [1.807, 2.05) is 0 Å². The highest BCUT2D eigenvalue weighted by molar-refractivity contribution is 9.10. The molecule has 1 nitrogen and oxygen atoms in total. The lowest BCUT2D eigenvalue weighted by Gasteiger charge is -2.06. The van der Waals surface area contributed by atoms with Crippen LogP contribution in [0.2, 0.25) is 0 Å². The lowest BCUT2D eigenvalue weighted by molar-refractivity contribution is 1.13. The van der Waals surface area contributed by atoms with Gasteiger partial charge >= 0.3 is 0 Å². The molecule has 112 valence electrons. The summed E-state index contributed by atoms with van der Waals surface area (Å²) in [6.07, 6.45) is 5.23. The number of rotatable bonds is 3. The fourth-order valence-corrected chi connectivity index (χ4v) is 3.22. The first-order valence-corrected chi connectivity index (χ1v) is 8.48. The van der Waals surface area contributed by atoms with Gasteiger partial charge in [-0.2, -0.15) is 0 Å². The first-order chi connectivity index (χ1) is 11.3. The van der Waals surface area contributed by atoms with Gasteiger partial charge in [0.1, 0.15) is 0 Å². The lowest BCUT2D eigenvalue weighted by Crippen LogP contribution is -1.91. The highest BCUT2D eigenvalue weighted by Gasteiger charge is 2.06. The molecule has 0 fully saturated rings. The largest absolute Gasteiger partial charge is 0.323 e. The smallest absolute Gasteiger partial charge is 0.0531 e. The van der Waals surface area contributed by atoms with E-state index in [-0.39, 0.29) is 0 Å². The first kappa shape index (κ1) is 14.3. The van der Waals surface area contributed by atoms with Crippen LogP contribution in [0.4, 0.5) is 0 Å². The maximum atomic E-state index is 3.50. The second kappa shape index (κ2) is 6.05. The van der Waals surface area contributed by atoms with Crippen molar-refractivity contribution in [3.63, 3.8) is 0 Å². The summed E-state index contributed by atoms with van der Waals surface area (Å²) >= 11 is 3.50. The van der Waals surface area contributed by atoms with E-state index in [0.29, 0.717) is 0 Å². The fourth-order valence-electron chi connectivity index (χ4n) is 2.96. The number of pyridine rings is 1. The topological polar surface area (TPSA) is 4.41 Å². The summed E-state index contributed by atoms with van der Waals surface area (Å²) in [6.45, 7) is 0. The molecule has 0 N–H and O–H groups in total. The Kier molecular flexibility index (Phi) is 3.76. The molecule has 4 rings (SSSR count). The van der Waals surface area contributed by atoms with E-state index in [2.05, 4.69) is 106 Å². The molecule has 2 heteroatoms. The highest BCUT2D eigenvalue weighted by Crippen LogP contribution is 2.28. The van der Waals surface area contributed by atoms with Gasteiger partial charge < -0.3 is 4.40 Å². The molecular weight excluding hydrogens is 346 g/mol. The maximum Gasteiger partial charge on any atom is 0.0531 e. The van der Waals surface area contributed by atoms with Crippen molar-refractivity contribution in [2.24, 2.45) is 0 Å². The van der Waals surface area contributed by atoms with E-state index in [4.69, 9.17) is 0 Å². The van der Waals surface area contributed by atoms with Crippen molar-refractivity contribution in [3.8, 4) is 11.1 Å². The number of hydrogen-bond donors (Lipinski definition) is 0. The van der Waals surface area contributed by atoms with Crippen LogP contribution in [0, 0.1) is 0 Å². The van der Waals surface area contributed by atoms with Crippen molar-refractivity contribution >= 4 is 21.4 Å². The zero-order valence-corrected chi connectivity index (χ0v) is 14.2. The van der Waals surface area contributed by atoms with Crippen LogP contribution in [0.15, 0.2) is 89.7 Å². The molecule has 4 aromatic rings. The Morgan fingerprint density at radius 2 is 1.48 bits per heavy atom. The van der Waals surface area contributed by atoms with Gasteiger partial charge in [-0.15, -0.1) is 0 Å². The molecular formula is C21H16BrN. The molecule has 0 saturated carbocycles. The minimum atomic E-state index is 0.961. The Hall–Kier alpha value is -2.32. The summed E-state index contributed by atoms with van der Waals surface area (Å²) in [7, 11) is 0. The molecule has 0 spiro atoms. The Morgan fingerprint density at radius 3 is 2.26 bits per heavy atom. The Balaban J connectivity index is 1.75. The van der Waals surface area contributed by atoms with Gasteiger partial charge in [0.05, 0.1) is 5.52 Å². The molecule has 2 aromatic carbocycles. The Labute approximate surface area is 144 Å². The minimum absolute atomic E-state index is 0.961. The predicted molar refractivity (Wildman–Crippen MR) is 99.8 cm³/mol. The molecule has 0 radical (unpaired) electrons. The number of benzene rings is 2. The van der Waals surface area contributed by atoms with Crippen molar-refractivity contribution in [1.29, 1.82) is 0 Å². The fraction of sp³-hybridized carbons (Fsp3) is 0.0476. The van der Waals surface area contributed by atoms with E-state index < -0.39 is 0 Å². The normalized spacial score (nSPS) is 11.0. The van der Waals surface area contributed by atoms with Crippen molar-refractivity contribution in [1.82, 2.24) is 4.40 Å². The van der Waals surface area contributed by atoms with Crippen LogP contribution in [0.3, 0.4) is 0 Å². The van der Waals surface area contributed by atoms with Gasteiger partial charge in [0.2, 0.25) is 0 Å². The molecule has 0 saturated heterocycles. The summed E-state index contributed by atoms with van der Waals surface area (Å²) in [4.78, 5) is 0. The maximum absolute atomic E-state index is 3.50. The molecule has 23 heavy (non-hydrogen) atoms. The van der Waals surface area contributed by atoms with Crippen molar-refractivity contribution in [3.05, 3.63) is 101 Å². The van der Waals surface area contributed by atoms with Crippen molar-refractivity contribution < 1.29 is 0 Å². The van der Waals surface area contributed by atoms with E-state index in [1.165, 1.54) is 27.8 Å². The van der Waals surface area contributed by atoms with E-state index in [9.17, 15) is 0 Å². The monoisotopic (exact) mass is 361 g/mol. The third-order valence-electron chi connectivity index (χ3n) is 4.13. The van der Waals surface area contributed by atoms with Gasteiger partial charge in [0.15, 0.2) is 0 Å².